The Labute approximate surface area is 88.7 Å². The third-order valence-electron chi connectivity index (χ3n) is 2.44. The second kappa shape index (κ2) is 4.34. The zero-order valence-electron chi connectivity index (χ0n) is 8.23. The van der Waals surface area contributed by atoms with Crippen molar-refractivity contribution in [1.82, 2.24) is 5.32 Å². The number of aliphatic hydroxyl groups is 1. The van der Waals surface area contributed by atoms with Crippen LogP contribution in [-0.2, 0) is 0 Å². The second-order valence-electron chi connectivity index (χ2n) is 3.69. The molecule has 2 unspecified atom stereocenters. The Bertz CT molecular complexity index is 299. The van der Waals surface area contributed by atoms with Gasteiger partial charge in [-0.1, -0.05) is 17.7 Å². The molecule has 1 heterocycles. The van der Waals surface area contributed by atoms with E-state index >= 15 is 0 Å². The van der Waals surface area contributed by atoms with E-state index in [-0.39, 0.29) is 6.10 Å². The van der Waals surface area contributed by atoms with Crippen molar-refractivity contribution in [2.45, 2.75) is 23.2 Å². The summed E-state index contributed by atoms with van der Waals surface area (Å²) in [5, 5.41) is 13.1. The van der Waals surface area contributed by atoms with Gasteiger partial charge in [0.05, 0.1) is 6.10 Å². The summed E-state index contributed by atoms with van der Waals surface area (Å²) >= 11 is 1.76. The molecule has 2 atom stereocenters. The average molecular weight is 209 g/mol. The highest BCUT2D eigenvalue weighted by Crippen LogP contribution is 2.27. The lowest BCUT2D eigenvalue weighted by Gasteiger charge is -2.12. The van der Waals surface area contributed by atoms with E-state index in [1.165, 1.54) is 10.5 Å². The van der Waals surface area contributed by atoms with Gasteiger partial charge >= 0.3 is 0 Å². The van der Waals surface area contributed by atoms with Crippen molar-refractivity contribution in [3.8, 4) is 0 Å². The summed E-state index contributed by atoms with van der Waals surface area (Å²) in [5.74, 6) is 0. The minimum Gasteiger partial charge on any atom is -0.391 e. The molecule has 0 aliphatic carbocycles. The largest absolute Gasteiger partial charge is 0.391 e. The Hall–Kier alpha value is -0.510. The number of aryl methyl sites for hydroxylation is 1. The standard InChI is InChI=1S/C11H15NOS/c1-8-2-4-9(5-3-8)14-11-7-12-6-10(11)13/h2-5,10-13H,6-7H2,1H3. The summed E-state index contributed by atoms with van der Waals surface area (Å²) in [4.78, 5) is 1.24. The third kappa shape index (κ3) is 2.29. The predicted octanol–water partition coefficient (Wildman–Crippen LogP) is 1.42. The third-order valence-corrected chi connectivity index (χ3v) is 3.76. The molecule has 0 spiro atoms. The summed E-state index contributed by atoms with van der Waals surface area (Å²) in [6.07, 6.45) is -0.207. The summed E-state index contributed by atoms with van der Waals surface area (Å²) in [6, 6.07) is 8.45. The number of benzene rings is 1. The molecular formula is C11H15NOS. The summed E-state index contributed by atoms with van der Waals surface area (Å²) in [5.41, 5.74) is 1.28. The smallest absolute Gasteiger partial charge is 0.0798 e. The number of rotatable bonds is 2. The van der Waals surface area contributed by atoms with E-state index in [1.807, 2.05) is 0 Å². The maximum Gasteiger partial charge on any atom is 0.0798 e. The lowest BCUT2D eigenvalue weighted by molar-refractivity contribution is 0.201. The first kappa shape index (κ1) is 10.0. The lowest BCUT2D eigenvalue weighted by Crippen LogP contribution is -2.19. The van der Waals surface area contributed by atoms with E-state index in [9.17, 15) is 5.11 Å². The van der Waals surface area contributed by atoms with Gasteiger partial charge in [0.1, 0.15) is 0 Å². The predicted molar refractivity (Wildman–Crippen MR) is 59.7 cm³/mol. The van der Waals surface area contributed by atoms with E-state index < -0.39 is 0 Å². The molecular weight excluding hydrogens is 194 g/mol. The number of nitrogens with one attached hydrogen (secondary N) is 1. The van der Waals surface area contributed by atoms with Crippen LogP contribution in [0.3, 0.4) is 0 Å². The molecule has 0 saturated carbocycles. The van der Waals surface area contributed by atoms with Crippen LogP contribution in [0.4, 0.5) is 0 Å². The fourth-order valence-corrected chi connectivity index (χ4v) is 2.65. The topological polar surface area (TPSA) is 32.3 Å². The monoisotopic (exact) mass is 209 g/mol. The molecule has 0 radical (unpaired) electrons. The van der Waals surface area contributed by atoms with E-state index in [0.29, 0.717) is 5.25 Å². The van der Waals surface area contributed by atoms with Gasteiger partial charge in [-0.25, -0.2) is 0 Å². The Morgan fingerprint density at radius 1 is 1.29 bits per heavy atom. The molecule has 1 aliphatic heterocycles. The minimum atomic E-state index is -0.207. The van der Waals surface area contributed by atoms with Crippen molar-refractivity contribution in [2.75, 3.05) is 13.1 Å². The number of β-amino-alcohol motifs (C(OH)–C–C–N with tert-alkyl or cyclic N) is 1. The van der Waals surface area contributed by atoms with Gasteiger partial charge in [-0.15, -0.1) is 11.8 Å². The normalized spacial score (nSPS) is 26.7. The first-order valence-corrected chi connectivity index (χ1v) is 5.76. The summed E-state index contributed by atoms with van der Waals surface area (Å²) in [7, 11) is 0. The quantitative estimate of drug-likeness (QED) is 0.772. The van der Waals surface area contributed by atoms with Crippen LogP contribution in [0.5, 0.6) is 0 Å². The maximum absolute atomic E-state index is 9.62. The molecule has 2 rings (SSSR count). The van der Waals surface area contributed by atoms with Crippen LogP contribution in [0.25, 0.3) is 0 Å². The molecule has 3 heteroatoms. The van der Waals surface area contributed by atoms with Crippen LogP contribution in [0.15, 0.2) is 29.2 Å². The Balaban J connectivity index is 2.00. The van der Waals surface area contributed by atoms with Crippen LogP contribution < -0.4 is 5.32 Å². The number of thioether (sulfide) groups is 1. The van der Waals surface area contributed by atoms with Crippen LogP contribution in [-0.4, -0.2) is 29.5 Å². The highest BCUT2D eigenvalue weighted by molar-refractivity contribution is 8.00. The molecule has 0 amide bonds. The number of hydrogen-bond acceptors (Lipinski definition) is 3. The molecule has 1 fully saturated rings. The van der Waals surface area contributed by atoms with Crippen molar-refractivity contribution < 1.29 is 5.11 Å². The Morgan fingerprint density at radius 2 is 2.00 bits per heavy atom. The summed E-state index contributed by atoms with van der Waals surface area (Å²) < 4.78 is 0. The van der Waals surface area contributed by atoms with Crippen molar-refractivity contribution >= 4 is 11.8 Å². The Kier molecular flexibility index (Phi) is 3.11. The van der Waals surface area contributed by atoms with Crippen LogP contribution in [0.2, 0.25) is 0 Å². The summed E-state index contributed by atoms with van der Waals surface area (Å²) in [6.45, 7) is 3.71. The zero-order chi connectivity index (χ0) is 9.97. The van der Waals surface area contributed by atoms with Crippen LogP contribution in [0, 0.1) is 6.92 Å². The van der Waals surface area contributed by atoms with Crippen LogP contribution in [0.1, 0.15) is 5.56 Å². The van der Waals surface area contributed by atoms with Gasteiger partial charge in [0, 0.05) is 23.2 Å². The molecule has 14 heavy (non-hydrogen) atoms. The number of hydrogen-bond donors (Lipinski definition) is 2. The lowest BCUT2D eigenvalue weighted by atomic mass is 10.2. The molecule has 1 saturated heterocycles. The molecule has 1 aromatic carbocycles. The first-order valence-electron chi connectivity index (χ1n) is 4.88. The van der Waals surface area contributed by atoms with E-state index in [2.05, 4.69) is 36.5 Å². The highest BCUT2D eigenvalue weighted by atomic mass is 32.2. The van der Waals surface area contributed by atoms with Gasteiger partial charge in [-0.2, -0.15) is 0 Å². The van der Waals surface area contributed by atoms with Crippen molar-refractivity contribution in [1.29, 1.82) is 0 Å². The SMILES string of the molecule is Cc1ccc(SC2CNCC2O)cc1. The van der Waals surface area contributed by atoms with Crippen molar-refractivity contribution in [3.05, 3.63) is 29.8 Å². The maximum atomic E-state index is 9.62. The molecule has 0 aromatic heterocycles. The zero-order valence-corrected chi connectivity index (χ0v) is 9.05. The van der Waals surface area contributed by atoms with Crippen molar-refractivity contribution in [3.63, 3.8) is 0 Å². The molecule has 2 N–H and O–H groups in total. The number of aliphatic hydroxyl groups excluding tert-OH is 1. The fourth-order valence-electron chi connectivity index (χ4n) is 1.55. The van der Waals surface area contributed by atoms with E-state index in [1.54, 1.807) is 11.8 Å². The second-order valence-corrected chi connectivity index (χ2v) is 5.01. The molecule has 76 valence electrons. The highest BCUT2D eigenvalue weighted by Gasteiger charge is 2.25. The van der Waals surface area contributed by atoms with Gasteiger partial charge in [-0.05, 0) is 19.1 Å². The molecule has 1 aliphatic rings. The Morgan fingerprint density at radius 3 is 2.57 bits per heavy atom. The van der Waals surface area contributed by atoms with Crippen LogP contribution >= 0.6 is 11.8 Å². The van der Waals surface area contributed by atoms with E-state index in [4.69, 9.17) is 0 Å². The van der Waals surface area contributed by atoms with Gasteiger partial charge < -0.3 is 10.4 Å². The minimum absolute atomic E-state index is 0.207. The van der Waals surface area contributed by atoms with Gasteiger partial charge in [0.15, 0.2) is 0 Å². The fraction of sp³-hybridized carbons (Fsp3) is 0.455. The van der Waals surface area contributed by atoms with E-state index in [0.717, 1.165) is 13.1 Å². The molecule has 2 nitrogen and oxygen atoms in total. The van der Waals surface area contributed by atoms with Gasteiger partial charge in [0.25, 0.3) is 0 Å². The molecule has 0 bridgehead atoms. The first-order chi connectivity index (χ1) is 6.75. The van der Waals surface area contributed by atoms with Gasteiger partial charge in [0.2, 0.25) is 0 Å². The van der Waals surface area contributed by atoms with Gasteiger partial charge in [-0.3, -0.25) is 0 Å². The van der Waals surface area contributed by atoms with Crippen molar-refractivity contribution in [2.24, 2.45) is 0 Å². The molecule has 1 aromatic rings. The average Bonchev–Trinajstić information content (AvgIpc) is 2.56.